The third-order valence-electron chi connectivity index (χ3n) is 5.99. The molecule has 0 amide bonds. The number of ketones is 1. The number of aryl methyl sites for hydroxylation is 1. The second-order valence-electron chi connectivity index (χ2n) is 9.85. The van der Waals surface area contributed by atoms with Crippen molar-refractivity contribution in [3.63, 3.8) is 0 Å². The van der Waals surface area contributed by atoms with E-state index in [2.05, 4.69) is 25.9 Å². The van der Waals surface area contributed by atoms with E-state index in [0.29, 0.717) is 29.2 Å². The van der Waals surface area contributed by atoms with Crippen LogP contribution in [0.4, 0.5) is 13.2 Å². The summed E-state index contributed by atoms with van der Waals surface area (Å²) in [5.74, 6) is 0.392. The number of unbranched alkanes of at least 4 members (excludes halogenated alkanes) is 1. The largest absolute Gasteiger partial charge is 0.416 e. The van der Waals surface area contributed by atoms with E-state index in [0.717, 1.165) is 48.1 Å². The van der Waals surface area contributed by atoms with Gasteiger partial charge in [0.15, 0.2) is 5.78 Å². The van der Waals surface area contributed by atoms with Crippen LogP contribution in [0.15, 0.2) is 53.7 Å². The lowest BCUT2D eigenvalue weighted by Crippen LogP contribution is -2.13. The lowest BCUT2D eigenvalue weighted by molar-refractivity contribution is -0.137. The molecule has 0 bridgehead atoms. The maximum atomic E-state index is 13.2. The van der Waals surface area contributed by atoms with Crippen molar-refractivity contribution in [2.45, 2.75) is 80.0 Å². The van der Waals surface area contributed by atoms with E-state index < -0.39 is 11.7 Å². The summed E-state index contributed by atoms with van der Waals surface area (Å²) in [6.45, 7) is 12.1. The van der Waals surface area contributed by atoms with Gasteiger partial charge < -0.3 is 4.84 Å². The number of Topliss-reactive ketones (excluding diaryl/α,β-unsaturated/α-hetero) is 1. The molecule has 0 atom stereocenters. The van der Waals surface area contributed by atoms with Crippen molar-refractivity contribution in [3.05, 3.63) is 76.4 Å². The van der Waals surface area contributed by atoms with E-state index >= 15 is 0 Å². The first kappa shape index (κ1) is 29.3. The number of nitrogens with zero attached hydrogens (tertiary/aromatic N) is 1. The zero-order valence-electron chi connectivity index (χ0n) is 22.2. The highest BCUT2D eigenvalue weighted by Crippen LogP contribution is 2.30. The number of allylic oxidation sites excluding steroid dienone is 2. The lowest BCUT2D eigenvalue weighted by atomic mass is 9.90. The Morgan fingerprint density at radius 3 is 2.39 bits per heavy atom. The fourth-order valence-electron chi connectivity index (χ4n) is 3.88. The molecule has 3 nitrogen and oxygen atoms in total. The van der Waals surface area contributed by atoms with Crippen molar-refractivity contribution in [1.82, 2.24) is 0 Å². The van der Waals surface area contributed by atoms with Gasteiger partial charge in [-0.1, -0.05) is 82.6 Å². The molecule has 0 aliphatic rings. The minimum absolute atomic E-state index is 0.109. The number of benzene rings is 2. The average Bonchev–Trinajstić information content (AvgIpc) is 2.81. The van der Waals surface area contributed by atoms with Crippen LogP contribution in [-0.4, -0.2) is 11.5 Å². The van der Waals surface area contributed by atoms with Crippen LogP contribution in [0.25, 0.3) is 5.57 Å². The summed E-state index contributed by atoms with van der Waals surface area (Å²) in [4.78, 5) is 18.9. The Hall–Kier alpha value is -2.89. The third kappa shape index (κ3) is 8.35. The van der Waals surface area contributed by atoms with Crippen molar-refractivity contribution >= 4 is 17.1 Å². The summed E-state index contributed by atoms with van der Waals surface area (Å²) < 4.78 is 39.7. The van der Waals surface area contributed by atoms with Gasteiger partial charge in [-0.25, -0.2) is 0 Å². The fourth-order valence-corrected chi connectivity index (χ4v) is 3.88. The highest BCUT2D eigenvalue weighted by molar-refractivity contribution is 6.21. The summed E-state index contributed by atoms with van der Waals surface area (Å²) in [6.07, 6.45) is 0.593. The summed E-state index contributed by atoms with van der Waals surface area (Å²) in [6, 6.07) is 10.9. The first-order chi connectivity index (χ1) is 17.0. The van der Waals surface area contributed by atoms with Crippen LogP contribution in [0, 0.1) is 18.8 Å². The van der Waals surface area contributed by atoms with Gasteiger partial charge in [0, 0.05) is 23.1 Å². The molecule has 0 heterocycles. The second-order valence-corrected chi connectivity index (χ2v) is 9.85. The number of rotatable bonds is 12. The second kappa shape index (κ2) is 13.4. The number of hydrogen-bond acceptors (Lipinski definition) is 3. The van der Waals surface area contributed by atoms with E-state index in [9.17, 15) is 18.0 Å². The molecule has 0 spiro atoms. The van der Waals surface area contributed by atoms with E-state index in [1.165, 1.54) is 6.07 Å². The summed E-state index contributed by atoms with van der Waals surface area (Å²) in [5, 5.41) is 4.26. The van der Waals surface area contributed by atoms with Crippen molar-refractivity contribution < 1.29 is 22.8 Å². The quantitative estimate of drug-likeness (QED) is 0.166. The number of alkyl halides is 3. The van der Waals surface area contributed by atoms with Gasteiger partial charge in [-0.2, -0.15) is 13.2 Å². The van der Waals surface area contributed by atoms with Gasteiger partial charge in [0.25, 0.3) is 0 Å². The highest BCUT2D eigenvalue weighted by Gasteiger charge is 2.31. The van der Waals surface area contributed by atoms with Gasteiger partial charge in [0.2, 0.25) is 0 Å². The van der Waals surface area contributed by atoms with Crippen LogP contribution < -0.4 is 0 Å². The van der Waals surface area contributed by atoms with Crippen molar-refractivity contribution in [2.24, 2.45) is 17.0 Å². The number of hydrogen-bond donors (Lipinski definition) is 0. The highest BCUT2D eigenvalue weighted by atomic mass is 19.4. The molecule has 0 radical (unpaired) electrons. The van der Waals surface area contributed by atoms with Crippen molar-refractivity contribution in [1.29, 1.82) is 0 Å². The topological polar surface area (TPSA) is 38.7 Å². The zero-order valence-corrected chi connectivity index (χ0v) is 22.2. The SMILES string of the molecule is CCC/C=C(\C(=O)CCC(C)C)c1cccc(C)c1CO/N=C(/c1cccc(C(F)(F)F)c1)C(C)C. The molecule has 0 saturated heterocycles. The number of halogens is 3. The normalized spacial score (nSPS) is 13.0. The van der Waals surface area contributed by atoms with E-state index in [-0.39, 0.29) is 18.3 Å². The van der Waals surface area contributed by atoms with Crippen molar-refractivity contribution in [2.75, 3.05) is 0 Å². The predicted octanol–water partition coefficient (Wildman–Crippen LogP) is 8.78. The molecule has 0 saturated carbocycles. The van der Waals surface area contributed by atoms with Gasteiger partial charge in [-0.05, 0) is 54.9 Å². The summed E-state index contributed by atoms with van der Waals surface area (Å²) in [7, 11) is 0. The molecule has 0 aliphatic carbocycles. The first-order valence-electron chi connectivity index (χ1n) is 12.6. The number of carbonyl (C=O) groups excluding carboxylic acids is 1. The third-order valence-corrected chi connectivity index (χ3v) is 5.99. The zero-order chi connectivity index (χ0) is 26.9. The Morgan fingerprint density at radius 1 is 1.08 bits per heavy atom. The summed E-state index contributed by atoms with van der Waals surface area (Å²) in [5.41, 5.74) is 3.44. The van der Waals surface area contributed by atoms with Crippen molar-refractivity contribution in [3.8, 4) is 0 Å². The maximum absolute atomic E-state index is 13.2. The lowest BCUT2D eigenvalue weighted by Gasteiger charge is -2.16. The molecule has 2 aromatic rings. The van der Waals surface area contributed by atoms with Crippen LogP contribution >= 0.6 is 0 Å². The molecule has 0 aliphatic heterocycles. The minimum Gasteiger partial charge on any atom is -0.391 e. The smallest absolute Gasteiger partial charge is 0.391 e. The average molecular weight is 502 g/mol. The van der Waals surface area contributed by atoms with Gasteiger partial charge >= 0.3 is 6.18 Å². The molecule has 0 aromatic heterocycles. The maximum Gasteiger partial charge on any atom is 0.416 e. The van der Waals surface area contributed by atoms with Crippen LogP contribution in [0.1, 0.15) is 88.1 Å². The molecule has 36 heavy (non-hydrogen) atoms. The summed E-state index contributed by atoms with van der Waals surface area (Å²) >= 11 is 0. The van der Waals surface area contributed by atoms with Gasteiger partial charge in [0.05, 0.1) is 11.3 Å². The molecular weight excluding hydrogens is 463 g/mol. The molecular formula is C30H38F3NO2. The van der Waals surface area contributed by atoms with E-state index in [1.54, 1.807) is 6.07 Å². The monoisotopic (exact) mass is 501 g/mol. The number of carbonyl (C=O) groups is 1. The Bertz CT molecular complexity index is 1080. The minimum atomic E-state index is -4.43. The first-order valence-corrected chi connectivity index (χ1v) is 12.6. The number of oxime groups is 1. The van der Waals surface area contributed by atoms with Crippen LogP contribution in [-0.2, 0) is 22.4 Å². The van der Waals surface area contributed by atoms with Gasteiger partial charge in [-0.15, -0.1) is 0 Å². The van der Waals surface area contributed by atoms with Crippen LogP contribution in [0.2, 0.25) is 0 Å². The van der Waals surface area contributed by atoms with Crippen LogP contribution in [0.5, 0.6) is 0 Å². The van der Waals surface area contributed by atoms with Gasteiger partial charge in [0.1, 0.15) is 6.61 Å². The molecule has 0 fully saturated rings. The standard InChI is InChI=1S/C30H38F3NO2/c1-7-8-14-26(28(35)17-16-20(2)3)25-15-9-11-22(6)27(25)19-36-34-29(21(4)5)23-12-10-13-24(18-23)30(31,32)33/h9-15,18,20-21H,7-8,16-17,19H2,1-6H3/b26-14-,34-29+. The molecule has 6 heteroatoms. The molecule has 2 rings (SSSR count). The van der Waals surface area contributed by atoms with E-state index in [1.807, 2.05) is 45.0 Å². The Labute approximate surface area is 213 Å². The molecule has 2 aromatic carbocycles. The Morgan fingerprint density at radius 2 is 1.78 bits per heavy atom. The van der Waals surface area contributed by atoms with E-state index in [4.69, 9.17) is 4.84 Å². The molecule has 196 valence electrons. The Kier molecular flexibility index (Phi) is 10.9. The van der Waals surface area contributed by atoms with Gasteiger partial charge in [-0.3, -0.25) is 4.79 Å². The Balaban J connectivity index is 2.38. The van der Waals surface area contributed by atoms with Crippen LogP contribution in [0.3, 0.4) is 0 Å². The molecule has 0 N–H and O–H groups in total. The fraction of sp³-hybridized carbons (Fsp3) is 0.467. The molecule has 0 unspecified atom stereocenters. The predicted molar refractivity (Wildman–Crippen MR) is 141 cm³/mol.